The van der Waals surface area contributed by atoms with Crippen LogP contribution in [0.25, 0.3) is 44.6 Å². The number of phenols is 2. The molecule has 0 spiro atoms. The molecule has 2 aliphatic rings. The Morgan fingerprint density at radius 1 is 0.712 bits per heavy atom. The number of benzene rings is 4. The van der Waals surface area contributed by atoms with Crippen molar-refractivity contribution in [1.82, 2.24) is 25.3 Å². The number of amides is 1. The maximum absolute atomic E-state index is 12.5. The van der Waals surface area contributed by atoms with Gasteiger partial charge in [-0.3, -0.25) is 4.79 Å². The topological polar surface area (TPSA) is 174 Å². The summed E-state index contributed by atoms with van der Waals surface area (Å²) >= 11 is 0. The number of hydrogen-bond acceptors (Lipinski definition) is 11. The van der Waals surface area contributed by atoms with E-state index in [9.17, 15) is 20.1 Å². The van der Waals surface area contributed by atoms with Crippen molar-refractivity contribution >= 4 is 39.3 Å². The Hall–Kier alpha value is -5.85. The van der Waals surface area contributed by atoms with E-state index in [1.807, 2.05) is 64.1 Å². The van der Waals surface area contributed by atoms with E-state index in [2.05, 4.69) is 46.3 Å². The van der Waals surface area contributed by atoms with Gasteiger partial charge in [-0.25, -0.2) is 19.9 Å². The Balaban J connectivity index is 0.000000187. The van der Waals surface area contributed by atoms with E-state index >= 15 is 0 Å². The molecule has 4 heterocycles. The summed E-state index contributed by atoms with van der Waals surface area (Å²) in [4.78, 5) is 36.1. The van der Waals surface area contributed by atoms with Gasteiger partial charge in [0.2, 0.25) is 5.91 Å². The zero-order valence-corrected chi connectivity index (χ0v) is 34.7. The summed E-state index contributed by atoms with van der Waals surface area (Å²) < 4.78 is 0. The van der Waals surface area contributed by atoms with Crippen LogP contribution < -0.4 is 20.9 Å². The summed E-state index contributed by atoms with van der Waals surface area (Å²) in [6, 6.07) is 27.0. The van der Waals surface area contributed by atoms with Crippen LogP contribution in [0, 0.1) is 19.3 Å². The Morgan fingerprint density at radius 2 is 1.15 bits per heavy atom. The number of aromatic hydroxyl groups is 2. The lowest BCUT2D eigenvalue weighted by Gasteiger charge is -2.34. The fourth-order valence-electron chi connectivity index (χ4n) is 7.81. The van der Waals surface area contributed by atoms with Gasteiger partial charge in [-0.2, -0.15) is 0 Å². The number of hydrogen-bond donors (Lipinski definition) is 5. The number of aliphatic hydroxyl groups excluding tert-OH is 1. The van der Waals surface area contributed by atoms with Crippen molar-refractivity contribution in [1.29, 1.82) is 0 Å². The normalized spacial score (nSPS) is 15.8. The smallest absolute Gasteiger partial charge is 0.249 e. The summed E-state index contributed by atoms with van der Waals surface area (Å²) in [5, 5.41) is 35.9. The maximum atomic E-state index is 12.5. The first kappa shape index (κ1) is 41.3. The highest BCUT2D eigenvalue weighted by molar-refractivity contribution is 5.93. The quantitative estimate of drug-likeness (QED) is 0.109. The minimum Gasteiger partial charge on any atom is -0.507 e. The highest BCUT2D eigenvalue weighted by atomic mass is 16.3. The lowest BCUT2D eigenvalue weighted by atomic mass is 9.89. The molecule has 12 heteroatoms. The van der Waals surface area contributed by atoms with Gasteiger partial charge in [0.05, 0.1) is 22.2 Å². The molecule has 6 aromatic rings. The number of aliphatic hydroxyl groups is 1. The molecule has 2 saturated heterocycles. The number of carbonyl (C=O) groups is 1. The van der Waals surface area contributed by atoms with Crippen molar-refractivity contribution in [3.8, 4) is 34.3 Å². The van der Waals surface area contributed by atoms with Crippen LogP contribution in [0.3, 0.4) is 0 Å². The van der Waals surface area contributed by atoms with Gasteiger partial charge in [0.25, 0.3) is 0 Å². The average Bonchev–Trinajstić information content (AvgIpc) is 3.20. The van der Waals surface area contributed by atoms with Gasteiger partial charge < -0.3 is 36.2 Å². The van der Waals surface area contributed by atoms with Crippen molar-refractivity contribution < 1.29 is 20.1 Å². The summed E-state index contributed by atoms with van der Waals surface area (Å²) in [5.74, 6) is 2.86. The van der Waals surface area contributed by atoms with Crippen LogP contribution >= 0.6 is 0 Å². The molecule has 0 radical (unpaired) electrons. The Labute approximate surface area is 346 Å². The van der Waals surface area contributed by atoms with Gasteiger partial charge in [-0.1, -0.05) is 57.2 Å². The van der Waals surface area contributed by atoms with Crippen molar-refractivity contribution in [3.63, 3.8) is 0 Å². The van der Waals surface area contributed by atoms with Crippen molar-refractivity contribution in [2.45, 2.75) is 84.9 Å². The average molecular weight is 797 g/mol. The largest absolute Gasteiger partial charge is 0.507 e. The first-order valence-electron chi connectivity index (χ1n) is 20.6. The number of anilines is 2. The van der Waals surface area contributed by atoms with Crippen LogP contribution in [0.4, 0.5) is 11.6 Å². The molecule has 2 aliphatic heterocycles. The van der Waals surface area contributed by atoms with E-state index in [0.29, 0.717) is 29.2 Å². The maximum Gasteiger partial charge on any atom is 0.249 e. The number of para-hydroxylation sites is 2. The molecule has 2 fully saturated rings. The SMILES string of the molecule is Cc1ccc2c(N3CCC(N)CC3)nc(-c3ccccc3O)nc2c1.Cc1ccc2c(N3CCC(NC(=O)[C@H](O)CC(C)(C)C)CC3)nc(-c3ccccc3O)nc2c1. The fourth-order valence-corrected chi connectivity index (χ4v) is 7.81. The van der Waals surface area contributed by atoms with E-state index in [0.717, 1.165) is 96.4 Å². The first-order chi connectivity index (χ1) is 28.2. The van der Waals surface area contributed by atoms with Crippen molar-refractivity contribution in [2.75, 3.05) is 36.0 Å². The number of piperidine rings is 2. The van der Waals surface area contributed by atoms with Gasteiger partial charge in [-0.15, -0.1) is 0 Å². The minimum absolute atomic E-state index is 0.0198. The van der Waals surface area contributed by atoms with Gasteiger partial charge in [0.1, 0.15) is 29.2 Å². The highest BCUT2D eigenvalue weighted by Gasteiger charge is 2.28. The second-order valence-corrected chi connectivity index (χ2v) is 17.2. The van der Waals surface area contributed by atoms with Crippen LogP contribution in [0.15, 0.2) is 84.9 Å². The number of aryl methyl sites for hydroxylation is 2. The number of carbonyl (C=O) groups excluding carboxylic acids is 1. The minimum atomic E-state index is -0.992. The molecule has 0 saturated carbocycles. The number of nitrogens with two attached hydrogens (primary N) is 1. The molecule has 1 amide bonds. The van der Waals surface area contributed by atoms with Gasteiger partial charge in [-0.05, 0) is 111 Å². The van der Waals surface area contributed by atoms with Crippen LogP contribution in [-0.4, -0.2) is 85.5 Å². The Kier molecular flexibility index (Phi) is 12.3. The molecule has 0 bridgehead atoms. The lowest BCUT2D eigenvalue weighted by Crippen LogP contribution is -2.48. The number of nitrogens with zero attached hydrogens (tertiary/aromatic N) is 6. The molecule has 6 N–H and O–H groups in total. The number of aromatic nitrogens is 4. The van der Waals surface area contributed by atoms with E-state index in [1.54, 1.807) is 24.3 Å². The second-order valence-electron chi connectivity index (χ2n) is 17.2. The van der Waals surface area contributed by atoms with Gasteiger partial charge >= 0.3 is 0 Å². The van der Waals surface area contributed by atoms with Gasteiger partial charge in [0, 0.05) is 49.0 Å². The molecule has 2 aromatic heterocycles. The Bertz CT molecular complexity index is 2430. The standard InChI is InChI=1S/C27H34N4O3.C20H22N4O/c1-17-9-10-19-21(15-17)29-24(20-7-5-6-8-22(20)32)30-25(19)31-13-11-18(12-14-31)28-26(34)23(33)16-27(2,3)4;1-13-6-7-15-17(12-13)22-19(16-4-2-3-5-18(16)25)23-20(15)24-10-8-14(21)9-11-24/h5-10,15,18,23,32-33H,11-14,16H2,1-4H3,(H,28,34);2-7,12,14,25H,8-11,21H2,1H3/t23-;/m1./s1. The predicted octanol–water partition coefficient (Wildman–Crippen LogP) is 7.43. The zero-order valence-electron chi connectivity index (χ0n) is 34.7. The molecule has 0 aliphatic carbocycles. The van der Waals surface area contributed by atoms with Crippen LogP contribution in [0.2, 0.25) is 0 Å². The molecule has 12 nitrogen and oxygen atoms in total. The van der Waals surface area contributed by atoms with E-state index in [1.165, 1.54) is 0 Å². The highest BCUT2D eigenvalue weighted by Crippen LogP contribution is 2.35. The third-order valence-corrected chi connectivity index (χ3v) is 11.0. The molecular weight excluding hydrogens is 741 g/mol. The fraction of sp³-hybridized carbons (Fsp3) is 0.383. The number of fused-ring (bicyclic) bond motifs is 2. The zero-order chi connectivity index (χ0) is 41.8. The van der Waals surface area contributed by atoms with Crippen LogP contribution in [-0.2, 0) is 4.79 Å². The van der Waals surface area contributed by atoms with Crippen LogP contribution in [0.5, 0.6) is 11.5 Å². The van der Waals surface area contributed by atoms with E-state index < -0.39 is 6.10 Å². The monoisotopic (exact) mass is 796 g/mol. The molecule has 1 atom stereocenters. The number of nitrogens with one attached hydrogen (secondary N) is 1. The summed E-state index contributed by atoms with van der Waals surface area (Å²) in [5.41, 5.74) is 11.2. The van der Waals surface area contributed by atoms with Gasteiger partial charge in [0.15, 0.2) is 11.6 Å². The molecule has 8 rings (SSSR count). The molecular formula is C47H56N8O4. The lowest BCUT2D eigenvalue weighted by molar-refractivity contribution is -0.131. The molecule has 4 aromatic carbocycles. The van der Waals surface area contributed by atoms with E-state index in [-0.39, 0.29) is 34.9 Å². The number of rotatable bonds is 7. The summed E-state index contributed by atoms with van der Waals surface area (Å²) in [7, 11) is 0. The molecule has 59 heavy (non-hydrogen) atoms. The Morgan fingerprint density at radius 3 is 1.59 bits per heavy atom. The third-order valence-electron chi connectivity index (χ3n) is 11.0. The first-order valence-corrected chi connectivity index (χ1v) is 20.6. The second kappa shape index (κ2) is 17.6. The predicted molar refractivity (Wildman–Crippen MR) is 236 cm³/mol. The third kappa shape index (κ3) is 9.89. The van der Waals surface area contributed by atoms with Crippen molar-refractivity contribution in [2.24, 2.45) is 11.1 Å². The van der Waals surface area contributed by atoms with E-state index in [4.69, 9.17) is 25.7 Å². The summed E-state index contributed by atoms with van der Waals surface area (Å²) in [6.07, 6.45) is 2.88. The van der Waals surface area contributed by atoms with Crippen LogP contribution in [0.1, 0.15) is 64.0 Å². The number of phenolic OH excluding ortho intramolecular Hbond substituents is 2. The molecule has 308 valence electrons. The van der Waals surface area contributed by atoms with Crippen molar-refractivity contribution in [3.05, 3.63) is 96.1 Å². The summed E-state index contributed by atoms with van der Waals surface area (Å²) in [6.45, 7) is 13.4. The molecule has 0 unspecified atom stereocenters.